The van der Waals surface area contributed by atoms with Gasteiger partial charge in [0.2, 0.25) is 0 Å². The SMILES string of the molecule is CC1C(F)=C/C2=N/Cc3cc4c(c(=O)n3CCC3=C2C1CCC3)COC(=O)[C@H]4O. The Morgan fingerprint density at radius 3 is 2.97 bits per heavy atom. The van der Waals surface area contributed by atoms with Crippen molar-refractivity contribution in [3.63, 3.8) is 0 Å². The Morgan fingerprint density at radius 2 is 2.14 bits per heavy atom. The van der Waals surface area contributed by atoms with Gasteiger partial charge in [0, 0.05) is 23.7 Å². The Labute approximate surface area is 167 Å². The summed E-state index contributed by atoms with van der Waals surface area (Å²) in [6.07, 6.45) is 3.70. The first-order valence-electron chi connectivity index (χ1n) is 10.2. The number of aliphatic imine (C=N–C) groups is 1. The number of nitrogens with zero attached hydrogens (tertiary/aromatic N) is 2. The minimum Gasteiger partial charge on any atom is -0.458 e. The number of carbonyl (C=O) groups is 1. The number of aromatic nitrogens is 1. The average Bonchev–Trinajstić information content (AvgIpc) is 2.78. The van der Waals surface area contributed by atoms with Crippen LogP contribution in [0.25, 0.3) is 0 Å². The topological polar surface area (TPSA) is 80.9 Å². The van der Waals surface area contributed by atoms with E-state index >= 15 is 0 Å². The molecule has 0 aromatic carbocycles. The summed E-state index contributed by atoms with van der Waals surface area (Å²) >= 11 is 0. The number of carbonyl (C=O) groups excluding carboxylic acids is 1. The molecule has 1 N–H and O–H groups in total. The van der Waals surface area contributed by atoms with Crippen molar-refractivity contribution in [2.24, 2.45) is 16.8 Å². The van der Waals surface area contributed by atoms with Crippen LogP contribution in [-0.2, 0) is 29.2 Å². The second-order valence-corrected chi connectivity index (χ2v) is 8.32. The molecule has 2 aliphatic carbocycles. The van der Waals surface area contributed by atoms with Gasteiger partial charge in [0.25, 0.3) is 5.56 Å². The number of cyclic esters (lactones) is 1. The Bertz CT molecular complexity index is 1070. The number of allylic oxidation sites excluding steroid dienone is 4. The van der Waals surface area contributed by atoms with Gasteiger partial charge in [-0.3, -0.25) is 9.79 Å². The van der Waals surface area contributed by atoms with Crippen molar-refractivity contribution >= 4 is 11.7 Å². The van der Waals surface area contributed by atoms with E-state index in [9.17, 15) is 19.1 Å². The normalized spacial score (nSPS) is 30.4. The molecule has 0 amide bonds. The van der Waals surface area contributed by atoms with E-state index in [1.165, 1.54) is 5.57 Å². The zero-order valence-corrected chi connectivity index (χ0v) is 16.3. The van der Waals surface area contributed by atoms with Gasteiger partial charge in [0.05, 0.1) is 17.8 Å². The Morgan fingerprint density at radius 1 is 1.31 bits per heavy atom. The van der Waals surface area contributed by atoms with E-state index in [1.54, 1.807) is 16.7 Å². The van der Waals surface area contributed by atoms with Gasteiger partial charge < -0.3 is 14.4 Å². The summed E-state index contributed by atoms with van der Waals surface area (Å²) in [6.45, 7) is 2.50. The third kappa shape index (κ3) is 2.82. The van der Waals surface area contributed by atoms with Crippen molar-refractivity contribution in [3.05, 3.63) is 56.3 Å². The maximum Gasteiger partial charge on any atom is 0.340 e. The minimum atomic E-state index is -1.46. The molecule has 5 rings (SSSR count). The van der Waals surface area contributed by atoms with Crippen LogP contribution in [0.15, 0.2) is 38.9 Å². The Kier molecular flexibility index (Phi) is 4.31. The lowest BCUT2D eigenvalue weighted by Crippen LogP contribution is -2.34. The van der Waals surface area contributed by atoms with E-state index in [4.69, 9.17) is 9.73 Å². The highest BCUT2D eigenvalue weighted by atomic mass is 19.1. The van der Waals surface area contributed by atoms with Crippen LogP contribution >= 0.6 is 0 Å². The fraction of sp³-hybridized carbons (Fsp3) is 0.500. The summed E-state index contributed by atoms with van der Waals surface area (Å²) in [5.41, 5.74) is 4.10. The molecule has 0 bridgehead atoms. The number of rotatable bonds is 0. The van der Waals surface area contributed by atoms with E-state index in [-0.39, 0.29) is 36.4 Å². The Balaban J connectivity index is 1.66. The first kappa shape index (κ1) is 18.5. The largest absolute Gasteiger partial charge is 0.458 e. The number of aliphatic hydroxyl groups excluding tert-OH is 1. The van der Waals surface area contributed by atoms with Crippen LogP contribution in [0, 0.1) is 11.8 Å². The van der Waals surface area contributed by atoms with Crippen LogP contribution in [0.5, 0.6) is 0 Å². The number of esters is 1. The quantitative estimate of drug-likeness (QED) is 0.682. The van der Waals surface area contributed by atoms with Crippen molar-refractivity contribution in [2.75, 3.05) is 0 Å². The molecule has 0 saturated carbocycles. The van der Waals surface area contributed by atoms with Crippen molar-refractivity contribution in [2.45, 2.75) is 58.4 Å². The zero-order chi connectivity index (χ0) is 20.3. The average molecular weight is 398 g/mol. The van der Waals surface area contributed by atoms with E-state index < -0.39 is 12.1 Å². The third-order valence-electron chi connectivity index (χ3n) is 6.78. The molecule has 0 radical (unpaired) electrons. The van der Waals surface area contributed by atoms with E-state index in [0.717, 1.165) is 24.8 Å². The van der Waals surface area contributed by atoms with Gasteiger partial charge in [-0.05, 0) is 49.3 Å². The Hall–Kier alpha value is -2.54. The fourth-order valence-electron chi connectivity index (χ4n) is 5.16. The fourth-order valence-corrected chi connectivity index (χ4v) is 5.16. The highest BCUT2D eigenvalue weighted by Crippen LogP contribution is 2.44. The molecule has 0 fully saturated rings. The summed E-state index contributed by atoms with van der Waals surface area (Å²) in [5, 5.41) is 10.2. The number of fused-ring (bicyclic) bond motifs is 2. The molecule has 29 heavy (non-hydrogen) atoms. The van der Waals surface area contributed by atoms with Crippen LogP contribution in [0.1, 0.15) is 55.5 Å². The van der Waals surface area contributed by atoms with Crippen molar-refractivity contribution < 1.29 is 19.0 Å². The molecule has 7 heteroatoms. The third-order valence-corrected chi connectivity index (χ3v) is 6.78. The van der Waals surface area contributed by atoms with Crippen molar-refractivity contribution in [1.29, 1.82) is 0 Å². The zero-order valence-electron chi connectivity index (χ0n) is 16.3. The molecular formula is C22H23FN2O4. The number of hydrogen-bond donors (Lipinski definition) is 1. The standard InChI is InChI=1S/C22H23FN2O4/c1-11-14-4-2-3-12-5-6-25-13(9-24-18(19(12)14)8-17(11)23)7-15-16(21(25)27)10-29-22(28)20(15)26/h7-8,11,14,20,26H,2-6,9-10H2,1H3/b24-18-/t11?,14?,20-/m0/s1. The van der Waals surface area contributed by atoms with Gasteiger partial charge in [-0.1, -0.05) is 12.5 Å². The van der Waals surface area contributed by atoms with Crippen LogP contribution < -0.4 is 5.56 Å². The van der Waals surface area contributed by atoms with Crippen LogP contribution in [0.2, 0.25) is 0 Å². The van der Waals surface area contributed by atoms with Crippen LogP contribution in [0.3, 0.4) is 0 Å². The molecule has 3 heterocycles. The molecule has 2 aliphatic heterocycles. The van der Waals surface area contributed by atoms with Crippen LogP contribution in [0.4, 0.5) is 4.39 Å². The number of pyridine rings is 1. The summed E-state index contributed by atoms with van der Waals surface area (Å²) in [6, 6.07) is 1.68. The highest BCUT2D eigenvalue weighted by molar-refractivity contribution is 6.10. The smallest absolute Gasteiger partial charge is 0.340 e. The van der Waals surface area contributed by atoms with Gasteiger partial charge >= 0.3 is 5.97 Å². The molecule has 3 atom stereocenters. The lowest BCUT2D eigenvalue weighted by Gasteiger charge is -2.35. The minimum absolute atomic E-state index is 0.125. The predicted molar refractivity (Wildman–Crippen MR) is 104 cm³/mol. The van der Waals surface area contributed by atoms with Crippen molar-refractivity contribution in [3.8, 4) is 0 Å². The summed E-state index contributed by atoms with van der Waals surface area (Å²) in [5.74, 6) is -0.890. The van der Waals surface area contributed by atoms with Gasteiger partial charge in [-0.15, -0.1) is 0 Å². The molecule has 0 saturated heterocycles. The monoisotopic (exact) mass is 398 g/mol. The van der Waals surface area contributed by atoms with Gasteiger partial charge in [-0.25, -0.2) is 9.18 Å². The summed E-state index contributed by atoms with van der Waals surface area (Å²) < 4.78 is 21.2. The summed E-state index contributed by atoms with van der Waals surface area (Å²) in [7, 11) is 0. The lowest BCUT2D eigenvalue weighted by molar-refractivity contribution is -0.157. The maximum atomic E-state index is 14.6. The predicted octanol–water partition coefficient (Wildman–Crippen LogP) is 2.88. The van der Waals surface area contributed by atoms with Gasteiger partial charge in [-0.2, -0.15) is 0 Å². The molecular weight excluding hydrogens is 375 g/mol. The molecule has 0 spiro atoms. The molecule has 4 aliphatic rings. The van der Waals surface area contributed by atoms with Gasteiger partial charge in [0.15, 0.2) is 6.10 Å². The second-order valence-electron chi connectivity index (χ2n) is 8.32. The number of halogens is 1. The molecule has 2 unspecified atom stereocenters. The molecule has 6 nitrogen and oxygen atoms in total. The second kappa shape index (κ2) is 6.76. The summed E-state index contributed by atoms with van der Waals surface area (Å²) in [4.78, 5) is 29.5. The first-order valence-corrected chi connectivity index (χ1v) is 10.2. The molecule has 1 aromatic rings. The maximum absolute atomic E-state index is 14.6. The number of hydrogen-bond acceptors (Lipinski definition) is 5. The highest BCUT2D eigenvalue weighted by Gasteiger charge is 2.36. The molecule has 152 valence electrons. The van der Waals surface area contributed by atoms with E-state index in [2.05, 4.69) is 0 Å². The first-order chi connectivity index (χ1) is 14.0. The van der Waals surface area contributed by atoms with E-state index in [1.807, 2.05) is 6.92 Å². The van der Waals surface area contributed by atoms with Crippen LogP contribution in [-0.4, -0.2) is 21.4 Å². The lowest BCUT2D eigenvalue weighted by atomic mass is 9.70. The number of aliphatic hydroxyl groups is 1. The molecule has 1 aromatic heterocycles. The van der Waals surface area contributed by atoms with Crippen molar-refractivity contribution in [1.82, 2.24) is 4.57 Å². The number of ether oxygens (including phenoxy) is 1. The van der Waals surface area contributed by atoms with E-state index in [0.29, 0.717) is 35.5 Å². The van der Waals surface area contributed by atoms with Gasteiger partial charge in [0.1, 0.15) is 12.4 Å².